The number of carbonyl (C=O) groups is 2. The molecule has 0 bridgehead atoms. The molecular weight excluding hydrogens is 300 g/mol. The van der Waals surface area contributed by atoms with Gasteiger partial charge in [0, 0.05) is 16.2 Å². The molecule has 0 spiro atoms. The summed E-state index contributed by atoms with van der Waals surface area (Å²) in [6, 6.07) is 4.60. The molecule has 6 heteroatoms. The Balaban J connectivity index is 2.54. The molecule has 0 aliphatic carbocycles. The zero-order valence-corrected chi connectivity index (χ0v) is 11.7. The Hall–Kier alpha value is -1.56. The van der Waals surface area contributed by atoms with Crippen molar-refractivity contribution in [2.24, 2.45) is 0 Å². The summed E-state index contributed by atoms with van der Waals surface area (Å²) in [5.74, 6) is -0.942. The number of benzene rings is 1. The van der Waals surface area contributed by atoms with Crippen molar-refractivity contribution in [3.8, 4) is 0 Å². The Morgan fingerprint density at radius 2 is 2.11 bits per heavy atom. The van der Waals surface area contributed by atoms with E-state index in [0.29, 0.717) is 5.69 Å². The molecular formula is C12H15BrN2O3. The van der Waals surface area contributed by atoms with Crippen LogP contribution in [-0.2, 0) is 4.79 Å². The predicted molar refractivity (Wildman–Crippen MR) is 72.7 cm³/mol. The van der Waals surface area contributed by atoms with Crippen molar-refractivity contribution in [2.75, 3.05) is 5.32 Å². The van der Waals surface area contributed by atoms with E-state index in [1.54, 1.807) is 13.0 Å². The van der Waals surface area contributed by atoms with Gasteiger partial charge in [0.05, 0.1) is 6.42 Å². The molecule has 98 valence electrons. The molecule has 2 amide bonds. The molecule has 5 nitrogen and oxygen atoms in total. The summed E-state index contributed by atoms with van der Waals surface area (Å²) >= 11 is 3.37. The van der Waals surface area contributed by atoms with Crippen LogP contribution in [0.1, 0.15) is 18.9 Å². The molecule has 0 aromatic heterocycles. The van der Waals surface area contributed by atoms with E-state index in [1.807, 2.05) is 19.1 Å². The lowest BCUT2D eigenvalue weighted by Gasteiger charge is -2.13. The number of hydrogen-bond donors (Lipinski definition) is 3. The van der Waals surface area contributed by atoms with Gasteiger partial charge in [-0.25, -0.2) is 4.79 Å². The SMILES string of the molecule is Cc1cc(NC(=O)NC(C)CC(=O)O)ccc1Br. The van der Waals surface area contributed by atoms with E-state index in [-0.39, 0.29) is 6.42 Å². The minimum absolute atomic E-state index is 0.104. The van der Waals surface area contributed by atoms with Crippen molar-refractivity contribution in [2.45, 2.75) is 26.3 Å². The van der Waals surface area contributed by atoms with Gasteiger partial charge < -0.3 is 15.7 Å². The van der Waals surface area contributed by atoms with Gasteiger partial charge in [-0.1, -0.05) is 15.9 Å². The lowest BCUT2D eigenvalue weighted by molar-refractivity contribution is -0.137. The standard InChI is InChI=1S/C12H15BrN2O3/c1-7-5-9(3-4-10(7)13)15-12(18)14-8(2)6-11(16)17/h3-5,8H,6H2,1-2H3,(H,16,17)(H2,14,15,18). The molecule has 0 aliphatic rings. The lowest BCUT2D eigenvalue weighted by Crippen LogP contribution is -2.37. The third kappa shape index (κ3) is 4.75. The maximum absolute atomic E-state index is 11.6. The molecule has 1 rings (SSSR count). The van der Waals surface area contributed by atoms with Crippen LogP contribution in [-0.4, -0.2) is 23.1 Å². The quantitative estimate of drug-likeness (QED) is 0.799. The summed E-state index contributed by atoms with van der Waals surface area (Å²) in [5, 5.41) is 13.8. The second kappa shape index (κ2) is 6.39. The third-order valence-electron chi connectivity index (χ3n) is 2.27. The van der Waals surface area contributed by atoms with Crippen molar-refractivity contribution >= 4 is 33.6 Å². The van der Waals surface area contributed by atoms with Gasteiger partial charge in [-0.2, -0.15) is 0 Å². The number of carboxylic acids is 1. The van der Waals surface area contributed by atoms with Gasteiger partial charge in [-0.15, -0.1) is 0 Å². The number of aryl methyl sites for hydroxylation is 1. The van der Waals surface area contributed by atoms with E-state index in [4.69, 9.17) is 5.11 Å². The highest BCUT2D eigenvalue weighted by atomic mass is 79.9. The number of halogens is 1. The van der Waals surface area contributed by atoms with Crippen LogP contribution in [0.2, 0.25) is 0 Å². The van der Waals surface area contributed by atoms with Crippen LogP contribution in [0.25, 0.3) is 0 Å². The van der Waals surface area contributed by atoms with Crippen molar-refractivity contribution in [3.05, 3.63) is 28.2 Å². The van der Waals surface area contributed by atoms with Crippen LogP contribution in [0.5, 0.6) is 0 Å². The summed E-state index contributed by atoms with van der Waals surface area (Å²) < 4.78 is 0.965. The first-order valence-electron chi connectivity index (χ1n) is 5.44. The molecule has 0 aliphatic heterocycles. The van der Waals surface area contributed by atoms with Gasteiger partial charge in [-0.05, 0) is 37.6 Å². The van der Waals surface area contributed by atoms with Crippen LogP contribution < -0.4 is 10.6 Å². The maximum Gasteiger partial charge on any atom is 0.319 e. The largest absolute Gasteiger partial charge is 0.481 e. The van der Waals surface area contributed by atoms with Crippen molar-refractivity contribution in [1.82, 2.24) is 5.32 Å². The topological polar surface area (TPSA) is 78.4 Å². The Kier molecular flexibility index (Phi) is 5.15. The molecule has 0 radical (unpaired) electrons. The Labute approximate surface area is 114 Å². The van der Waals surface area contributed by atoms with Gasteiger partial charge in [0.15, 0.2) is 0 Å². The minimum atomic E-state index is -0.942. The average Bonchev–Trinajstić information content (AvgIpc) is 2.21. The second-order valence-electron chi connectivity index (χ2n) is 4.06. The molecule has 3 N–H and O–H groups in total. The first kappa shape index (κ1) is 14.5. The highest BCUT2D eigenvalue weighted by Crippen LogP contribution is 2.19. The van der Waals surface area contributed by atoms with Crippen LogP contribution >= 0.6 is 15.9 Å². The van der Waals surface area contributed by atoms with E-state index in [9.17, 15) is 9.59 Å². The summed E-state index contributed by atoms with van der Waals surface area (Å²) in [4.78, 5) is 22.0. The predicted octanol–water partition coefficient (Wildman–Crippen LogP) is 2.74. The fourth-order valence-corrected chi connectivity index (χ4v) is 1.67. The Bertz CT molecular complexity index is 463. The molecule has 1 aromatic rings. The van der Waals surface area contributed by atoms with Crippen LogP contribution in [0, 0.1) is 6.92 Å². The number of anilines is 1. The van der Waals surface area contributed by atoms with Crippen LogP contribution in [0.3, 0.4) is 0 Å². The number of aliphatic carboxylic acids is 1. The summed E-state index contributed by atoms with van der Waals surface area (Å²) in [5.41, 5.74) is 1.67. The lowest BCUT2D eigenvalue weighted by atomic mass is 10.2. The fraction of sp³-hybridized carbons (Fsp3) is 0.333. The molecule has 1 aromatic carbocycles. The molecule has 0 saturated heterocycles. The summed E-state index contributed by atoms with van der Waals surface area (Å²) in [7, 11) is 0. The van der Waals surface area contributed by atoms with Crippen molar-refractivity contribution in [1.29, 1.82) is 0 Å². The fourth-order valence-electron chi connectivity index (χ4n) is 1.43. The van der Waals surface area contributed by atoms with Gasteiger partial charge in [0.2, 0.25) is 0 Å². The molecule has 1 unspecified atom stereocenters. The van der Waals surface area contributed by atoms with E-state index < -0.39 is 18.0 Å². The number of carboxylic acid groups (broad SMARTS) is 1. The van der Waals surface area contributed by atoms with E-state index >= 15 is 0 Å². The molecule has 0 fully saturated rings. The zero-order valence-electron chi connectivity index (χ0n) is 10.2. The Morgan fingerprint density at radius 1 is 1.44 bits per heavy atom. The summed E-state index contributed by atoms with van der Waals surface area (Å²) in [6.07, 6.45) is -0.104. The first-order valence-corrected chi connectivity index (χ1v) is 6.23. The van der Waals surface area contributed by atoms with Crippen molar-refractivity contribution in [3.63, 3.8) is 0 Å². The normalized spacial score (nSPS) is 11.7. The smallest absolute Gasteiger partial charge is 0.319 e. The van der Waals surface area contributed by atoms with E-state index in [1.165, 1.54) is 0 Å². The number of nitrogens with one attached hydrogen (secondary N) is 2. The average molecular weight is 315 g/mol. The number of urea groups is 1. The highest BCUT2D eigenvalue weighted by molar-refractivity contribution is 9.10. The van der Waals surface area contributed by atoms with Crippen LogP contribution in [0.4, 0.5) is 10.5 Å². The van der Waals surface area contributed by atoms with Gasteiger partial charge in [-0.3, -0.25) is 4.79 Å². The van der Waals surface area contributed by atoms with Gasteiger partial charge in [0.1, 0.15) is 0 Å². The maximum atomic E-state index is 11.6. The summed E-state index contributed by atoms with van der Waals surface area (Å²) in [6.45, 7) is 3.56. The number of rotatable bonds is 4. The van der Waals surface area contributed by atoms with E-state index in [2.05, 4.69) is 26.6 Å². The monoisotopic (exact) mass is 314 g/mol. The molecule has 0 heterocycles. The third-order valence-corrected chi connectivity index (χ3v) is 3.16. The number of carbonyl (C=O) groups excluding carboxylic acids is 1. The number of hydrogen-bond acceptors (Lipinski definition) is 2. The van der Waals surface area contributed by atoms with Crippen molar-refractivity contribution < 1.29 is 14.7 Å². The Morgan fingerprint density at radius 3 is 2.67 bits per heavy atom. The van der Waals surface area contributed by atoms with Gasteiger partial charge in [0.25, 0.3) is 0 Å². The van der Waals surface area contributed by atoms with Crippen LogP contribution in [0.15, 0.2) is 22.7 Å². The van der Waals surface area contributed by atoms with E-state index in [0.717, 1.165) is 10.0 Å². The van der Waals surface area contributed by atoms with Gasteiger partial charge >= 0.3 is 12.0 Å². The highest BCUT2D eigenvalue weighted by Gasteiger charge is 2.11. The first-order chi connectivity index (χ1) is 8.38. The minimum Gasteiger partial charge on any atom is -0.481 e. The molecule has 18 heavy (non-hydrogen) atoms. The second-order valence-corrected chi connectivity index (χ2v) is 4.92. The number of amides is 2. The molecule has 0 saturated carbocycles. The molecule has 1 atom stereocenters. The zero-order chi connectivity index (χ0) is 13.7.